The molecule has 2 N–H and O–H groups in total. The molecule has 1 aromatic heterocycles. The topological polar surface area (TPSA) is 71.1 Å². The molecule has 3 aromatic rings. The molecule has 0 saturated carbocycles. The molecule has 0 radical (unpaired) electrons. The minimum Gasteiger partial charge on any atom is -0.354 e. The summed E-state index contributed by atoms with van der Waals surface area (Å²) in [4.78, 5) is 4.42. The Morgan fingerprint density at radius 3 is 2.38 bits per heavy atom. The molecule has 6 heteroatoms. The highest BCUT2D eigenvalue weighted by atomic mass is 32.2. The third kappa shape index (κ3) is 3.55. The molecule has 122 valence electrons. The summed E-state index contributed by atoms with van der Waals surface area (Å²) < 4.78 is 25.0. The fraction of sp³-hybridized carbons (Fsp3) is 0.0556. The quantitative estimate of drug-likeness (QED) is 0.737. The van der Waals surface area contributed by atoms with E-state index in [0.29, 0.717) is 5.69 Å². The maximum absolute atomic E-state index is 11.3. The van der Waals surface area contributed by atoms with Gasteiger partial charge in [-0.1, -0.05) is 30.9 Å². The van der Waals surface area contributed by atoms with E-state index in [1.54, 1.807) is 24.4 Å². The van der Waals surface area contributed by atoms with Crippen molar-refractivity contribution in [3.8, 4) is 0 Å². The standard InChI is InChI=1S/C18H17N3O2S/c1-3-13-12-19-17-7-5-4-6-16(17)18(13)20-14-8-10-15(11-9-14)21-24(2,22)23/h3-12,21H,1H2,2H3,(H,19,20). The normalized spacial score (nSPS) is 11.2. The Morgan fingerprint density at radius 2 is 1.71 bits per heavy atom. The summed E-state index contributed by atoms with van der Waals surface area (Å²) in [5, 5.41) is 4.36. The third-order valence-electron chi connectivity index (χ3n) is 3.48. The minimum absolute atomic E-state index is 0.520. The molecule has 0 atom stereocenters. The minimum atomic E-state index is -3.28. The molecule has 0 spiro atoms. The number of hydrogen-bond donors (Lipinski definition) is 2. The fourth-order valence-corrected chi connectivity index (χ4v) is 3.00. The Hall–Kier alpha value is -2.86. The number of para-hydroxylation sites is 1. The molecule has 0 saturated heterocycles. The molecule has 0 unspecified atom stereocenters. The first-order chi connectivity index (χ1) is 11.5. The molecule has 0 aliphatic rings. The average molecular weight is 339 g/mol. The van der Waals surface area contributed by atoms with Crippen molar-refractivity contribution >= 4 is 44.1 Å². The van der Waals surface area contributed by atoms with Crippen LogP contribution in [0.3, 0.4) is 0 Å². The summed E-state index contributed by atoms with van der Waals surface area (Å²) in [6.45, 7) is 3.84. The number of aromatic nitrogens is 1. The van der Waals surface area contributed by atoms with E-state index in [-0.39, 0.29) is 0 Å². The van der Waals surface area contributed by atoms with Crippen molar-refractivity contribution in [2.75, 3.05) is 16.3 Å². The van der Waals surface area contributed by atoms with E-state index in [1.165, 1.54) is 0 Å². The Morgan fingerprint density at radius 1 is 1.04 bits per heavy atom. The number of nitrogens with zero attached hydrogens (tertiary/aromatic N) is 1. The second-order valence-electron chi connectivity index (χ2n) is 5.39. The zero-order valence-corrected chi connectivity index (χ0v) is 14.0. The van der Waals surface area contributed by atoms with E-state index in [4.69, 9.17) is 0 Å². The van der Waals surface area contributed by atoms with E-state index < -0.39 is 10.0 Å². The fourth-order valence-electron chi connectivity index (χ4n) is 2.43. The highest BCUT2D eigenvalue weighted by molar-refractivity contribution is 7.92. The molecular weight excluding hydrogens is 322 g/mol. The monoisotopic (exact) mass is 339 g/mol. The first-order valence-corrected chi connectivity index (χ1v) is 9.20. The van der Waals surface area contributed by atoms with Gasteiger partial charge in [0.15, 0.2) is 0 Å². The van der Waals surface area contributed by atoms with Crippen LogP contribution in [0.5, 0.6) is 0 Å². The number of benzene rings is 2. The van der Waals surface area contributed by atoms with E-state index >= 15 is 0 Å². The number of pyridine rings is 1. The predicted octanol–water partition coefficient (Wildman–Crippen LogP) is 3.99. The lowest BCUT2D eigenvalue weighted by molar-refractivity contribution is 0.607. The number of sulfonamides is 1. The second-order valence-corrected chi connectivity index (χ2v) is 7.13. The molecule has 5 nitrogen and oxygen atoms in total. The van der Waals surface area contributed by atoms with Crippen LogP contribution in [-0.4, -0.2) is 19.7 Å². The highest BCUT2D eigenvalue weighted by Crippen LogP contribution is 2.30. The smallest absolute Gasteiger partial charge is 0.229 e. The maximum Gasteiger partial charge on any atom is 0.229 e. The van der Waals surface area contributed by atoms with Gasteiger partial charge in [-0.25, -0.2) is 8.42 Å². The van der Waals surface area contributed by atoms with Crippen molar-refractivity contribution < 1.29 is 8.42 Å². The third-order valence-corrected chi connectivity index (χ3v) is 4.09. The highest BCUT2D eigenvalue weighted by Gasteiger charge is 2.07. The lowest BCUT2D eigenvalue weighted by atomic mass is 10.1. The molecule has 0 aliphatic heterocycles. The molecule has 1 heterocycles. The summed E-state index contributed by atoms with van der Waals surface area (Å²) in [6.07, 6.45) is 4.65. The van der Waals surface area contributed by atoms with E-state index in [9.17, 15) is 8.42 Å². The molecule has 3 rings (SSSR count). The SMILES string of the molecule is C=Cc1cnc2ccccc2c1Nc1ccc(NS(C)(=O)=O)cc1. The molecule has 0 bridgehead atoms. The van der Waals surface area contributed by atoms with Crippen LogP contribution in [0.2, 0.25) is 0 Å². The van der Waals surface area contributed by atoms with Gasteiger partial charge in [0.25, 0.3) is 0 Å². The van der Waals surface area contributed by atoms with Crippen molar-refractivity contribution in [2.45, 2.75) is 0 Å². The zero-order valence-electron chi connectivity index (χ0n) is 13.2. The van der Waals surface area contributed by atoms with Crippen molar-refractivity contribution in [3.63, 3.8) is 0 Å². The van der Waals surface area contributed by atoms with Crippen molar-refractivity contribution in [3.05, 3.63) is 66.9 Å². The van der Waals surface area contributed by atoms with Crippen LogP contribution in [-0.2, 0) is 10.0 Å². The van der Waals surface area contributed by atoms with Crippen molar-refractivity contribution in [1.29, 1.82) is 0 Å². The van der Waals surface area contributed by atoms with Gasteiger partial charge in [0, 0.05) is 28.5 Å². The summed E-state index contributed by atoms with van der Waals surface area (Å²) in [5.41, 5.74) is 4.06. The maximum atomic E-state index is 11.3. The molecular formula is C18H17N3O2S. The molecule has 0 fully saturated rings. The Balaban J connectivity index is 1.96. The second kappa shape index (κ2) is 6.33. The van der Waals surface area contributed by atoms with E-state index in [1.807, 2.05) is 36.4 Å². The summed E-state index contributed by atoms with van der Waals surface area (Å²) in [6, 6.07) is 14.9. The van der Waals surface area contributed by atoms with Gasteiger partial charge in [0.05, 0.1) is 17.5 Å². The van der Waals surface area contributed by atoms with Crippen LogP contribution >= 0.6 is 0 Å². The van der Waals surface area contributed by atoms with Crippen molar-refractivity contribution in [2.24, 2.45) is 0 Å². The van der Waals surface area contributed by atoms with Crippen LogP contribution in [0, 0.1) is 0 Å². The molecule has 2 aromatic carbocycles. The van der Waals surface area contributed by atoms with Gasteiger partial charge in [0.2, 0.25) is 10.0 Å². The van der Waals surface area contributed by atoms with Crippen LogP contribution < -0.4 is 10.0 Å². The van der Waals surface area contributed by atoms with Gasteiger partial charge in [-0.2, -0.15) is 0 Å². The number of fused-ring (bicyclic) bond motifs is 1. The first-order valence-electron chi connectivity index (χ1n) is 7.31. The van der Waals surface area contributed by atoms with Crippen LogP contribution in [0.15, 0.2) is 61.3 Å². The van der Waals surface area contributed by atoms with E-state index in [2.05, 4.69) is 21.6 Å². The molecule has 24 heavy (non-hydrogen) atoms. The Kier molecular flexibility index (Phi) is 4.22. The van der Waals surface area contributed by atoms with Crippen molar-refractivity contribution in [1.82, 2.24) is 4.98 Å². The summed E-state index contributed by atoms with van der Waals surface area (Å²) in [7, 11) is -3.28. The van der Waals surface area contributed by atoms with Gasteiger partial charge in [-0.05, 0) is 30.3 Å². The number of anilines is 3. The van der Waals surface area contributed by atoms with Gasteiger partial charge in [-0.3, -0.25) is 9.71 Å². The van der Waals surface area contributed by atoms with Crippen LogP contribution in [0.4, 0.5) is 17.1 Å². The number of hydrogen-bond acceptors (Lipinski definition) is 4. The van der Waals surface area contributed by atoms with Crippen LogP contribution in [0.1, 0.15) is 5.56 Å². The largest absolute Gasteiger partial charge is 0.354 e. The van der Waals surface area contributed by atoms with Gasteiger partial charge in [-0.15, -0.1) is 0 Å². The van der Waals surface area contributed by atoms with Gasteiger partial charge >= 0.3 is 0 Å². The van der Waals surface area contributed by atoms with Gasteiger partial charge in [0.1, 0.15) is 0 Å². The van der Waals surface area contributed by atoms with Crippen LogP contribution in [0.25, 0.3) is 17.0 Å². The van der Waals surface area contributed by atoms with E-state index in [0.717, 1.165) is 34.1 Å². The lowest BCUT2D eigenvalue weighted by Gasteiger charge is -2.13. The average Bonchev–Trinajstić information content (AvgIpc) is 2.55. The summed E-state index contributed by atoms with van der Waals surface area (Å²) in [5.74, 6) is 0. The predicted molar refractivity (Wildman–Crippen MR) is 100 cm³/mol. The van der Waals surface area contributed by atoms with Gasteiger partial charge < -0.3 is 5.32 Å². The zero-order chi connectivity index (χ0) is 17.2. The Labute approximate surface area is 141 Å². The number of rotatable bonds is 5. The molecule has 0 amide bonds. The summed E-state index contributed by atoms with van der Waals surface area (Å²) >= 11 is 0. The Bertz CT molecular complexity index is 996. The number of nitrogens with one attached hydrogen (secondary N) is 2. The first kappa shape index (κ1) is 16.0. The lowest BCUT2D eigenvalue weighted by Crippen LogP contribution is -2.09. The molecule has 0 aliphatic carbocycles.